The maximum atomic E-state index is 11.2. The van der Waals surface area contributed by atoms with Gasteiger partial charge in [0.15, 0.2) is 5.78 Å². The van der Waals surface area contributed by atoms with Crippen LogP contribution in [-0.4, -0.2) is 5.78 Å². The fourth-order valence-electron chi connectivity index (χ4n) is 1.65. The summed E-state index contributed by atoms with van der Waals surface area (Å²) in [5.74, 6) is 0.167. The molecule has 80 valence electrons. The van der Waals surface area contributed by atoms with Gasteiger partial charge >= 0.3 is 0 Å². The molecule has 0 radical (unpaired) electrons. The molecule has 0 fully saturated rings. The summed E-state index contributed by atoms with van der Waals surface area (Å²) in [5, 5.41) is 0. The van der Waals surface area contributed by atoms with Gasteiger partial charge < -0.3 is 0 Å². The van der Waals surface area contributed by atoms with Crippen LogP contribution >= 0.6 is 0 Å². The van der Waals surface area contributed by atoms with E-state index in [0.29, 0.717) is 0 Å². The summed E-state index contributed by atoms with van der Waals surface area (Å²) in [6.45, 7) is 11.6. The maximum absolute atomic E-state index is 11.2. The first kappa shape index (κ1) is 13.2. The van der Waals surface area contributed by atoms with Crippen molar-refractivity contribution in [3.05, 3.63) is 24.3 Å². The normalized spacial score (nSPS) is 12.7. The molecule has 0 N–H and O–H groups in total. The predicted molar refractivity (Wildman–Crippen MR) is 62.3 cm³/mol. The van der Waals surface area contributed by atoms with Crippen LogP contribution in [0.4, 0.5) is 0 Å². The highest BCUT2D eigenvalue weighted by Gasteiger charge is 2.22. The van der Waals surface area contributed by atoms with Crippen LogP contribution < -0.4 is 0 Å². The molecule has 14 heavy (non-hydrogen) atoms. The van der Waals surface area contributed by atoms with Crippen LogP contribution in [0.2, 0.25) is 0 Å². The molecule has 0 aromatic rings. The van der Waals surface area contributed by atoms with Crippen molar-refractivity contribution in [1.29, 1.82) is 0 Å². The molecule has 0 aromatic carbocycles. The first-order valence-corrected chi connectivity index (χ1v) is 5.32. The number of allylic oxidation sites excluding steroid dienone is 3. The Morgan fingerprint density at radius 1 is 1.29 bits per heavy atom. The van der Waals surface area contributed by atoms with Crippen LogP contribution in [0.1, 0.15) is 47.0 Å². The van der Waals surface area contributed by atoms with Gasteiger partial charge in [0.1, 0.15) is 0 Å². The average Bonchev–Trinajstić information content (AvgIpc) is 2.16. The van der Waals surface area contributed by atoms with Crippen LogP contribution in [0.3, 0.4) is 0 Å². The van der Waals surface area contributed by atoms with Crippen molar-refractivity contribution in [3.63, 3.8) is 0 Å². The second kappa shape index (κ2) is 5.79. The number of ketones is 1. The van der Waals surface area contributed by atoms with Crippen LogP contribution in [0.15, 0.2) is 24.3 Å². The van der Waals surface area contributed by atoms with Gasteiger partial charge in [-0.2, -0.15) is 0 Å². The monoisotopic (exact) mass is 194 g/mol. The molecule has 0 aliphatic rings. The first-order chi connectivity index (χ1) is 6.51. The van der Waals surface area contributed by atoms with E-state index in [9.17, 15) is 4.79 Å². The van der Waals surface area contributed by atoms with Gasteiger partial charge in [0.2, 0.25) is 0 Å². The Labute approximate surface area is 87.9 Å². The number of hydrogen-bond acceptors (Lipinski definition) is 1. The Balaban J connectivity index is 4.90. The molecule has 0 rings (SSSR count). The van der Waals surface area contributed by atoms with E-state index in [-0.39, 0.29) is 11.2 Å². The molecular formula is C13H22O. The third-order valence-electron chi connectivity index (χ3n) is 3.04. The number of carbonyl (C=O) groups is 1. The molecular weight excluding hydrogens is 172 g/mol. The fraction of sp³-hybridized carbons (Fsp3) is 0.615. The molecule has 0 unspecified atom stereocenters. The number of hydrogen-bond donors (Lipinski definition) is 0. The van der Waals surface area contributed by atoms with Crippen LogP contribution in [0.25, 0.3) is 0 Å². The molecule has 0 amide bonds. The van der Waals surface area contributed by atoms with E-state index in [4.69, 9.17) is 0 Å². The van der Waals surface area contributed by atoms with Crippen molar-refractivity contribution in [1.82, 2.24) is 0 Å². The standard InChI is InChI=1S/C13H22O/c1-6-9-13(7-2,8-3)10-11(4)12(5)14/h6,10H,1,7-9H2,2-5H3. The Hall–Kier alpha value is -0.850. The molecule has 0 aromatic heterocycles. The lowest BCUT2D eigenvalue weighted by atomic mass is 9.77. The van der Waals surface area contributed by atoms with Gasteiger partial charge in [0, 0.05) is 0 Å². The van der Waals surface area contributed by atoms with Crippen LogP contribution in [0, 0.1) is 5.41 Å². The molecule has 0 spiro atoms. The summed E-state index contributed by atoms with van der Waals surface area (Å²) in [4.78, 5) is 11.2. The highest BCUT2D eigenvalue weighted by molar-refractivity contribution is 5.92. The summed E-state index contributed by atoms with van der Waals surface area (Å²) in [6, 6.07) is 0. The molecule has 0 heterocycles. The third kappa shape index (κ3) is 3.49. The van der Waals surface area contributed by atoms with Crippen LogP contribution in [0.5, 0.6) is 0 Å². The zero-order chi connectivity index (χ0) is 11.2. The molecule has 0 aliphatic carbocycles. The molecule has 0 atom stereocenters. The summed E-state index contributed by atoms with van der Waals surface area (Å²) in [6.07, 6.45) is 7.12. The van der Waals surface area contributed by atoms with E-state index < -0.39 is 0 Å². The summed E-state index contributed by atoms with van der Waals surface area (Å²) in [5.41, 5.74) is 1.01. The first-order valence-electron chi connectivity index (χ1n) is 5.32. The highest BCUT2D eigenvalue weighted by Crippen LogP contribution is 2.33. The molecule has 0 saturated heterocycles. The van der Waals surface area contributed by atoms with E-state index in [1.54, 1.807) is 6.92 Å². The van der Waals surface area contributed by atoms with Crippen molar-refractivity contribution in [3.8, 4) is 0 Å². The van der Waals surface area contributed by atoms with Gasteiger partial charge in [0.25, 0.3) is 0 Å². The van der Waals surface area contributed by atoms with Gasteiger partial charge in [0.05, 0.1) is 0 Å². The van der Waals surface area contributed by atoms with Gasteiger partial charge in [-0.15, -0.1) is 6.58 Å². The van der Waals surface area contributed by atoms with Gasteiger partial charge in [-0.05, 0) is 44.1 Å². The van der Waals surface area contributed by atoms with Crippen LogP contribution in [-0.2, 0) is 4.79 Å². The van der Waals surface area contributed by atoms with Crippen molar-refractivity contribution >= 4 is 5.78 Å². The highest BCUT2D eigenvalue weighted by atomic mass is 16.1. The summed E-state index contributed by atoms with van der Waals surface area (Å²) < 4.78 is 0. The predicted octanol–water partition coefficient (Wildman–Crippen LogP) is 3.90. The van der Waals surface area contributed by atoms with Gasteiger partial charge in [-0.25, -0.2) is 0 Å². The molecule has 0 saturated carbocycles. The van der Waals surface area contributed by atoms with Crippen molar-refractivity contribution in [2.75, 3.05) is 0 Å². The quantitative estimate of drug-likeness (QED) is 0.463. The van der Waals surface area contributed by atoms with E-state index in [0.717, 1.165) is 24.8 Å². The third-order valence-corrected chi connectivity index (χ3v) is 3.04. The van der Waals surface area contributed by atoms with Crippen molar-refractivity contribution < 1.29 is 4.79 Å². The topological polar surface area (TPSA) is 17.1 Å². The second-order valence-corrected chi connectivity index (χ2v) is 3.95. The molecule has 1 heteroatoms. The Morgan fingerprint density at radius 3 is 2.07 bits per heavy atom. The van der Waals surface area contributed by atoms with E-state index in [1.807, 2.05) is 13.0 Å². The fourth-order valence-corrected chi connectivity index (χ4v) is 1.65. The Bertz CT molecular complexity index is 232. The minimum absolute atomic E-state index is 0.136. The second-order valence-electron chi connectivity index (χ2n) is 3.95. The zero-order valence-corrected chi connectivity index (χ0v) is 9.89. The minimum Gasteiger partial charge on any atom is -0.295 e. The smallest absolute Gasteiger partial charge is 0.155 e. The van der Waals surface area contributed by atoms with E-state index >= 15 is 0 Å². The minimum atomic E-state index is 0.136. The Morgan fingerprint density at radius 2 is 1.79 bits per heavy atom. The van der Waals surface area contributed by atoms with Crippen molar-refractivity contribution in [2.24, 2.45) is 5.41 Å². The molecule has 0 aliphatic heterocycles. The number of rotatable bonds is 6. The van der Waals surface area contributed by atoms with E-state index in [1.165, 1.54) is 0 Å². The zero-order valence-electron chi connectivity index (χ0n) is 9.89. The van der Waals surface area contributed by atoms with Gasteiger partial charge in [-0.1, -0.05) is 26.0 Å². The SMILES string of the molecule is C=CCC(C=C(C)C(C)=O)(CC)CC. The summed E-state index contributed by atoms with van der Waals surface area (Å²) in [7, 11) is 0. The lowest BCUT2D eigenvalue weighted by molar-refractivity contribution is -0.113. The van der Waals surface area contributed by atoms with Gasteiger partial charge in [-0.3, -0.25) is 4.79 Å². The average molecular weight is 194 g/mol. The molecule has 1 nitrogen and oxygen atoms in total. The maximum Gasteiger partial charge on any atom is 0.155 e. The number of Topliss-reactive ketones (excluding diaryl/α,β-unsaturated/α-hetero) is 1. The molecule has 0 bridgehead atoms. The summed E-state index contributed by atoms with van der Waals surface area (Å²) >= 11 is 0. The largest absolute Gasteiger partial charge is 0.295 e. The van der Waals surface area contributed by atoms with Crippen molar-refractivity contribution in [2.45, 2.75) is 47.0 Å². The lowest BCUT2D eigenvalue weighted by Gasteiger charge is -2.27. The number of carbonyl (C=O) groups excluding carboxylic acids is 1. The van der Waals surface area contributed by atoms with E-state index in [2.05, 4.69) is 26.5 Å². The Kier molecular flexibility index (Phi) is 5.44. The lowest BCUT2D eigenvalue weighted by Crippen LogP contribution is -2.16.